The van der Waals surface area contributed by atoms with Gasteiger partial charge in [0.25, 0.3) is 0 Å². The van der Waals surface area contributed by atoms with Gasteiger partial charge in [-0.15, -0.1) is 0 Å². The lowest BCUT2D eigenvalue weighted by Crippen LogP contribution is -2.25. The molecule has 0 radical (unpaired) electrons. The zero-order valence-corrected chi connectivity index (χ0v) is 12.1. The van der Waals surface area contributed by atoms with E-state index in [0.29, 0.717) is 0 Å². The summed E-state index contributed by atoms with van der Waals surface area (Å²) in [6.45, 7) is 0. The van der Waals surface area contributed by atoms with E-state index >= 15 is 0 Å². The lowest BCUT2D eigenvalue weighted by atomic mass is 10.0. The number of nitrogens with zero attached hydrogens (tertiary/aromatic N) is 1. The van der Waals surface area contributed by atoms with Crippen molar-refractivity contribution in [3.63, 3.8) is 0 Å². The molecule has 0 aliphatic heterocycles. The molecule has 0 amide bonds. The molecule has 102 valence electrons. The molecule has 1 heterocycles. The van der Waals surface area contributed by atoms with Crippen molar-refractivity contribution in [1.29, 1.82) is 0 Å². The zero-order valence-electron chi connectivity index (χ0n) is 12.1. The SMILES string of the molecule is C[n+]1ccc(/C=C/c2ccc(-c3ccccc3)cc2)cc1. The standard InChI is InChI=1S/C20H18N/c1-21-15-13-18(14-16-21)8-7-17-9-11-20(12-10-17)19-5-3-2-4-6-19/h2-16H,1H3/q+1/b8-7+. The predicted molar refractivity (Wildman–Crippen MR) is 88.4 cm³/mol. The zero-order chi connectivity index (χ0) is 14.5. The van der Waals surface area contributed by atoms with E-state index in [0.717, 1.165) is 0 Å². The molecule has 0 unspecified atom stereocenters. The van der Waals surface area contributed by atoms with Crippen LogP contribution in [0.25, 0.3) is 23.3 Å². The number of pyridine rings is 1. The quantitative estimate of drug-likeness (QED) is 0.624. The Hall–Kier alpha value is -2.67. The molecule has 0 saturated carbocycles. The third-order valence-electron chi connectivity index (χ3n) is 3.49. The van der Waals surface area contributed by atoms with Crippen molar-refractivity contribution in [3.05, 3.63) is 90.3 Å². The van der Waals surface area contributed by atoms with Gasteiger partial charge in [-0.05, 0) is 22.3 Å². The van der Waals surface area contributed by atoms with Crippen LogP contribution in [-0.4, -0.2) is 0 Å². The van der Waals surface area contributed by atoms with Crippen LogP contribution in [0.4, 0.5) is 0 Å². The summed E-state index contributed by atoms with van der Waals surface area (Å²) in [4.78, 5) is 0. The van der Waals surface area contributed by atoms with E-state index in [1.54, 1.807) is 0 Å². The second-order valence-corrected chi connectivity index (χ2v) is 5.12. The Morgan fingerprint density at radius 3 is 1.76 bits per heavy atom. The minimum atomic E-state index is 1.21. The van der Waals surface area contributed by atoms with E-state index in [4.69, 9.17) is 0 Å². The monoisotopic (exact) mass is 272 g/mol. The normalized spacial score (nSPS) is 10.9. The van der Waals surface area contributed by atoms with Crippen molar-refractivity contribution in [1.82, 2.24) is 0 Å². The maximum Gasteiger partial charge on any atom is 0.169 e. The first kappa shape index (κ1) is 13.3. The van der Waals surface area contributed by atoms with Crippen molar-refractivity contribution in [2.45, 2.75) is 0 Å². The number of aromatic nitrogens is 1. The summed E-state index contributed by atoms with van der Waals surface area (Å²) < 4.78 is 2.03. The van der Waals surface area contributed by atoms with Crippen molar-refractivity contribution in [2.75, 3.05) is 0 Å². The van der Waals surface area contributed by atoms with Gasteiger partial charge in [-0.3, -0.25) is 0 Å². The van der Waals surface area contributed by atoms with Crippen LogP contribution in [0, 0.1) is 0 Å². The molecule has 0 aliphatic rings. The van der Waals surface area contributed by atoms with Gasteiger partial charge in [0.15, 0.2) is 12.4 Å². The molecule has 0 saturated heterocycles. The second kappa shape index (κ2) is 6.19. The lowest BCUT2D eigenvalue weighted by molar-refractivity contribution is -0.671. The van der Waals surface area contributed by atoms with Gasteiger partial charge >= 0.3 is 0 Å². The van der Waals surface area contributed by atoms with Gasteiger partial charge in [-0.2, -0.15) is 0 Å². The van der Waals surface area contributed by atoms with Crippen molar-refractivity contribution < 1.29 is 4.57 Å². The summed E-state index contributed by atoms with van der Waals surface area (Å²) in [5.41, 5.74) is 4.92. The number of benzene rings is 2. The molecule has 0 fully saturated rings. The molecular weight excluding hydrogens is 254 g/mol. The van der Waals surface area contributed by atoms with E-state index in [1.807, 2.05) is 17.7 Å². The summed E-state index contributed by atoms with van der Waals surface area (Å²) in [5.74, 6) is 0. The van der Waals surface area contributed by atoms with Crippen LogP contribution >= 0.6 is 0 Å². The van der Waals surface area contributed by atoms with E-state index in [9.17, 15) is 0 Å². The lowest BCUT2D eigenvalue weighted by Gasteiger charge is -2.01. The maximum atomic E-state index is 2.17. The number of rotatable bonds is 3. The molecule has 21 heavy (non-hydrogen) atoms. The Balaban J connectivity index is 1.77. The fourth-order valence-corrected chi connectivity index (χ4v) is 2.23. The highest BCUT2D eigenvalue weighted by molar-refractivity contribution is 5.71. The van der Waals surface area contributed by atoms with Gasteiger partial charge in [0.1, 0.15) is 7.05 Å². The Bertz CT molecular complexity index is 723. The average Bonchev–Trinajstić information content (AvgIpc) is 2.56. The highest BCUT2D eigenvalue weighted by atomic mass is 14.9. The van der Waals surface area contributed by atoms with Crippen LogP contribution in [0.2, 0.25) is 0 Å². The van der Waals surface area contributed by atoms with E-state index in [2.05, 4.69) is 85.2 Å². The topological polar surface area (TPSA) is 3.88 Å². The third-order valence-corrected chi connectivity index (χ3v) is 3.49. The molecule has 1 heteroatoms. The smallest absolute Gasteiger partial charge is 0.169 e. The van der Waals surface area contributed by atoms with Gasteiger partial charge in [0.2, 0.25) is 0 Å². The Kier molecular flexibility index (Phi) is 3.92. The summed E-state index contributed by atoms with van der Waals surface area (Å²) >= 11 is 0. The summed E-state index contributed by atoms with van der Waals surface area (Å²) in [5, 5.41) is 0. The van der Waals surface area contributed by atoms with Crippen LogP contribution in [0.5, 0.6) is 0 Å². The Labute approximate surface area is 125 Å². The van der Waals surface area contributed by atoms with Gasteiger partial charge in [0.05, 0.1) is 0 Å². The van der Waals surface area contributed by atoms with E-state index in [1.165, 1.54) is 22.3 Å². The van der Waals surface area contributed by atoms with Crippen molar-refractivity contribution in [2.24, 2.45) is 7.05 Å². The molecule has 0 bridgehead atoms. The van der Waals surface area contributed by atoms with Crippen LogP contribution in [-0.2, 0) is 7.05 Å². The van der Waals surface area contributed by atoms with E-state index < -0.39 is 0 Å². The third kappa shape index (κ3) is 3.46. The van der Waals surface area contributed by atoms with Crippen molar-refractivity contribution in [3.8, 4) is 11.1 Å². The van der Waals surface area contributed by atoms with Gasteiger partial charge in [-0.1, -0.05) is 66.7 Å². The first-order chi connectivity index (χ1) is 10.3. The molecule has 3 rings (SSSR count). The molecule has 1 aromatic heterocycles. The summed E-state index contributed by atoms with van der Waals surface area (Å²) in [6, 6.07) is 23.3. The van der Waals surface area contributed by atoms with Crippen LogP contribution in [0.3, 0.4) is 0 Å². The van der Waals surface area contributed by atoms with Crippen LogP contribution in [0.1, 0.15) is 11.1 Å². The fourth-order valence-electron chi connectivity index (χ4n) is 2.23. The van der Waals surface area contributed by atoms with Crippen LogP contribution < -0.4 is 4.57 Å². The highest BCUT2D eigenvalue weighted by Gasteiger charge is 1.96. The number of hydrogen-bond acceptors (Lipinski definition) is 0. The molecule has 0 N–H and O–H groups in total. The first-order valence-corrected chi connectivity index (χ1v) is 7.10. The molecule has 1 nitrogen and oxygen atoms in total. The Morgan fingerprint density at radius 1 is 0.619 bits per heavy atom. The summed E-state index contributed by atoms with van der Waals surface area (Å²) in [6.07, 6.45) is 8.39. The van der Waals surface area contributed by atoms with Gasteiger partial charge in [-0.25, -0.2) is 4.57 Å². The molecule has 0 atom stereocenters. The van der Waals surface area contributed by atoms with Crippen molar-refractivity contribution >= 4 is 12.2 Å². The van der Waals surface area contributed by atoms with Gasteiger partial charge in [0, 0.05) is 12.1 Å². The molecule has 0 aliphatic carbocycles. The number of hydrogen-bond donors (Lipinski definition) is 0. The molecule has 2 aromatic carbocycles. The first-order valence-electron chi connectivity index (χ1n) is 7.10. The highest BCUT2D eigenvalue weighted by Crippen LogP contribution is 2.19. The minimum absolute atomic E-state index is 1.21. The Morgan fingerprint density at radius 2 is 1.14 bits per heavy atom. The average molecular weight is 272 g/mol. The largest absolute Gasteiger partial charge is 0.208 e. The molecule has 0 spiro atoms. The summed E-state index contributed by atoms with van der Waals surface area (Å²) in [7, 11) is 2.02. The van der Waals surface area contributed by atoms with Gasteiger partial charge < -0.3 is 0 Å². The van der Waals surface area contributed by atoms with Crippen LogP contribution in [0.15, 0.2) is 79.1 Å². The second-order valence-electron chi connectivity index (χ2n) is 5.12. The molecule has 3 aromatic rings. The minimum Gasteiger partial charge on any atom is -0.208 e. The maximum absolute atomic E-state index is 2.17. The predicted octanol–water partition coefficient (Wildman–Crippen LogP) is 4.35. The molecular formula is C20H18N+. The number of aryl methyl sites for hydroxylation is 1. The van der Waals surface area contributed by atoms with E-state index in [-0.39, 0.29) is 0 Å². The fraction of sp³-hybridized carbons (Fsp3) is 0.0500.